The van der Waals surface area contributed by atoms with Crippen LogP contribution in [0.5, 0.6) is 0 Å². The number of likely N-dealkylation sites (N-methyl/N-ethyl adjacent to an activating group) is 1. The van der Waals surface area contributed by atoms with Crippen molar-refractivity contribution in [3.05, 3.63) is 71.3 Å². The molecule has 0 fully saturated rings. The van der Waals surface area contributed by atoms with Crippen LogP contribution in [0.25, 0.3) is 0 Å². The van der Waals surface area contributed by atoms with Gasteiger partial charge in [-0.1, -0.05) is 42.5 Å². The molecule has 2 aromatic carbocycles. The number of benzene rings is 2. The summed E-state index contributed by atoms with van der Waals surface area (Å²) in [4.78, 5) is 19.0. The zero-order valence-electron chi connectivity index (χ0n) is 18.1. The Morgan fingerprint density at radius 3 is 2.37 bits per heavy atom. The Morgan fingerprint density at radius 2 is 1.67 bits per heavy atom. The summed E-state index contributed by atoms with van der Waals surface area (Å²) in [5, 5.41) is 9.59. The van der Waals surface area contributed by atoms with Crippen LogP contribution in [0.3, 0.4) is 0 Å². The van der Waals surface area contributed by atoms with E-state index in [9.17, 15) is 4.79 Å². The zero-order valence-corrected chi connectivity index (χ0v) is 20.5. The van der Waals surface area contributed by atoms with Crippen molar-refractivity contribution in [3.8, 4) is 0 Å². The summed E-state index contributed by atoms with van der Waals surface area (Å²) in [7, 11) is 3.97. The van der Waals surface area contributed by atoms with Crippen molar-refractivity contribution < 1.29 is 4.79 Å². The highest BCUT2D eigenvalue weighted by Crippen LogP contribution is 2.07. The summed E-state index contributed by atoms with van der Waals surface area (Å²) in [6.45, 7) is 5.61. The summed E-state index contributed by atoms with van der Waals surface area (Å²) in [6.07, 6.45) is 0.938. The number of hydrogen-bond donors (Lipinski definition) is 3. The van der Waals surface area contributed by atoms with Crippen molar-refractivity contribution in [2.24, 2.45) is 4.99 Å². The number of carbonyl (C=O) groups is 1. The second-order valence-electron chi connectivity index (χ2n) is 7.12. The van der Waals surface area contributed by atoms with E-state index in [1.54, 1.807) is 0 Å². The van der Waals surface area contributed by atoms with Gasteiger partial charge in [-0.25, -0.2) is 4.99 Å². The van der Waals surface area contributed by atoms with Crippen molar-refractivity contribution in [2.45, 2.75) is 19.9 Å². The number of halogens is 1. The molecular weight excluding hydrogens is 489 g/mol. The average Bonchev–Trinajstić information content (AvgIpc) is 2.72. The molecule has 0 aliphatic heterocycles. The number of nitrogens with one attached hydrogen (secondary N) is 3. The molecule has 0 saturated heterocycles. The van der Waals surface area contributed by atoms with Gasteiger partial charge in [-0.2, -0.15) is 0 Å². The Hall–Kier alpha value is -2.13. The number of hydrogen-bond acceptors (Lipinski definition) is 3. The van der Waals surface area contributed by atoms with Crippen LogP contribution in [-0.2, 0) is 13.0 Å². The van der Waals surface area contributed by atoms with Gasteiger partial charge >= 0.3 is 0 Å². The van der Waals surface area contributed by atoms with Gasteiger partial charge in [0, 0.05) is 31.7 Å². The van der Waals surface area contributed by atoms with E-state index >= 15 is 0 Å². The summed E-state index contributed by atoms with van der Waals surface area (Å²) in [5.41, 5.74) is 2.97. The lowest BCUT2D eigenvalue weighted by Crippen LogP contribution is -2.38. The largest absolute Gasteiger partial charge is 0.357 e. The number of amides is 1. The molecule has 0 aliphatic rings. The second kappa shape index (κ2) is 14.8. The lowest BCUT2D eigenvalue weighted by Gasteiger charge is -2.12. The van der Waals surface area contributed by atoms with Crippen molar-refractivity contribution in [2.75, 3.05) is 40.3 Å². The smallest absolute Gasteiger partial charge is 0.251 e. The lowest BCUT2D eigenvalue weighted by molar-refractivity contribution is 0.0951. The molecule has 0 aliphatic carbocycles. The number of nitrogens with zero attached hydrogens (tertiary/aromatic N) is 2. The highest BCUT2D eigenvalue weighted by atomic mass is 127. The highest BCUT2D eigenvalue weighted by Gasteiger charge is 2.06. The van der Waals surface area contributed by atoms with E-state index in [1.165, 1.54) is 5.56 Å². The molecule has 0 bridgehead atoms. The molecule has 0 saturated carbocycles. The van der Waals surface area contributed by atoms with Crippen LogP contribution in [-0.4, -0.2) is 57.0 Å². The van der Waals surface area contributed by atoms with E-state index in [4.69, 9.17) is 0 Å². The molecule has 0 radical (unpaired) electrons. The van der Waals surface area contributed by atoms with Gasteiger partial charge in [0.2, 0.25) is 0 Å². The van der Waals surface area contributed by atoms with Gasteiger partial charge in [0.25, 0.3) is 5.91 Å². The van der Waals surface area contributed by atoms with E-state index in [-0.39, 0.29) is 29.9 Å². The Balaban J connectivity index is 0.00000450. The summed E-state index contributed by atoms with van der Waals surface area (Å²) in [5.74, 6) is 0.731. The Morgan fingerprint density at radius 1 is 0.933 bits per heavy atom. The zero-order chi connectivity index (χ0) is 20.9. The van der Waals surface area contributed by atoms with E-state index in [0.717, 1.165) is 37.6 Å². The normalized spacial score (nSPS) is 11.0. The van der Waals surface area contributed by atoms with Gasteiger partial charge in [0.1, 0.15) is 0 Å². The second-order valence-corrected chi connectivity index (χ2v) is 7.12. The first kappa shape index (κ1) is 25.9. The fourth-order valence-electron chi connectivity index (χ4n) is 2.79. The number of carbonyl (C=O) groups excluding carboxylic acids is 1. The fraction of sp³-hybridized carbons (Fsp3) is 0.391. The van der Waals surface area contributed by atoms with Crippen LogP contribution in [0.2, 0.25) is 0 Å². The molecule has 3 N–H and O–H groups in total. The minimum Gasteiger partial charge on any atom is -0.357 e. The van der Waals surface area contributed by atoms with Crippen LogP contribution < -0.4 is 16.0 Å². The van der Waals surface area contributed by atoms with Gasteiger partial charge in [-0.05, 0) is 50.7 Å². The summed E-state index contributed by atoms with van der Waals surface area (Å²) >= 11 is 0. The molecule has 2 rings (SSSR count). The first-order valence-corrected chi connectivity index (χ1v) is 10.2. The number of guanidine groups is 1. The van der Waals surface area contributed by atoms with Gasteiger partial charge in [0.15, 0.2) is 5.96 Å². The predicted molar refractivity (Wildman–Crippen MR) is 136 cm³/mol. The molecular formula is C23H34IN5O. The number of aliphatic imine (C=N–C) groups is 1. The average molecular weight is 523 g/mol. The van der Waals surface area contributed by atoms with Crippen LogP contribution in [0.1, 0.15) is 28.4 Å². The maximum absolute atomic E-state index is 12.3. The Kier molecular flexibility index (Phi) is 12.8. The summed E-state index contributed by atoms with van der Waals surface area (Å²) < 4.78 is 0. The third-order valence-corrected chi connectivity index (χ3v) is 4.35. The number of rotatable bonds is 10. The predicted octanol–water partition coefficient (Wildman–Crippen LogP) is 2.89. The minimum atomic E-state index is -0.0504. The van der Waals surface area contributed by atoms with Gasteiger partial charge in [0.05, 0.1) is 6.54 Å². The molecule has 0 atom stereocenters. The third kappa shape index (κ3) is 10.1. The molecule has 6 nitrogen and oxygen atoms in total. The SMILES string of the molecule is CCNC(=NCc1cccc(C(=O)NCCN(C)C)c1)NCCc1ccccc1.I. The van der Waals surface area contributed by atoms with Crippen LogP contribution >= 0.6 is 24.0 Å². The molecule has 0 spiro atoms. The molecule has 1 amide bonds. The standard InChI is InChI=1S/C23H33N5O.HI/c1-4-24-23(26-14-13-19-9-6-5-7-10-19)27-18-20-11-8-12-21(17-20)22(29)25-15-16-28(2)3;/h5-12,17H,4,13-16,18H2,1-3H3,(H,25,29)(H2,24,26,27);1H. The maximum atomic E-state index is 12.3. The first-order valence-electron chi connectivity index (χ1n) is 10.2. The van der Waals surface area contributed by atoms with E-state index < -0.39 is 0 Å². The molecule has 0 aromatic heterocycles. The Labute approximate surface area is 197 Å². The quantitative estimate of drug-likeness (QED) is 0.255. The Bertz CT molecular complexity index is 780. The van der Waals surface area contributed by atoms with Gasteiger partial charge < -0.3 is 20.9 Å². The van der Waals surface area contributed by atoms with Crippen LogP contribution in [0.4, 0.5) is 0 Å². The third-order valence-electron chi connectivity index (χ3n) is 4.35. The van der Waals surface area contributed by atoms with Crippen molar-refractivity contribution in [1.82, 2.24) is 20.9 Å². The maximum Gasteiger partial charge on any atom is 0.251 e. The van der Waals surface area contributed by atoms with Crippen molar-refractivity contribution >= 4 is 35.8 Å². The molecule has 164 valence electrons. The monoisotopic (exact) mass is 523 g/mol. The summed E-state index contributed by atoms with van der Waals surface area (Å²) in [6, 6.07) is 18.0. The van der Waals surface area contributed by atoms with Crippen molar-refractivity contribution in [3.63, 3.8) is 0 Å². The molecule has 0 unspecified atom stereocenters. The topological polar surface area (TPSA) is 68.8 Å². The van der Waals surface area contributed by atoms with Gasteiger partial charge in [-0.15, -0.1) is 24.0 Å². The van der Waals surface area contributed by atoms with E-state index in [2.05, 4.69) is 45.2 Å². The first-order chi connectivity index (χ1) is 14.1. The van der Waals surface area contributed by atoms with E-state index in [1.807, 2.05) is 56.3 Å². The fourth-order valence-corrected chi connectivity index (χ4v) is 2.79. The molecule has 0 heterocycles. The van der Waals surface area contributed by atoms with Crippen LogP contribution in [0.15, 0.2) is 59.6 Å². The highest BCUT2D eigenvalue weighted by molar-refractivity contribution is 14.0. The van der Waals surface area contributed by atoms with Crippen LogP contribution in [0, 0.1) is 0 Å². The lowest BCUT2D eigenvalue weighted by atomic mass is 10.1. The minimum absolute atomic E-state index is 0. The van der Waals surface area contributed by atoms with Gasteiger partial charge in [-0.3, -0.25) is 4.79 Å². The molecule has 30 heavy (non-hydrogen) atoms. The van der Waals surface area contributed by atoms with E-state index in [0.29, 0.717) is 18.7 Å². The van der Waals surface area contributed by atoms with Crippen molar-refractivity contribution in [1.29, 1.82) is 0 Å². The molecule has 2 aromatic rings. The molecule has 7 heteroatoms.